The molecule has 0 unspecified atom stereocenters. The van der Waals surface area contributed by atoms with Crippen molar-refractivity contribution in [1.82, 2.24) is 5.32 Å². The number of hydrogen-bond acceptors (Lipinski definition) is 2. The molecule has 0 aromatic rings. The normalized spacial score (nSPS) is 40.7. The molecule has 1 amide bonds. The molecule has 2 aliphatic rings. The van der Waals surface area contributed by atoms with Crippen LogP contribution in [0.5, 0.6) is 0 Å². The van der Waals surface area contributed by atoms with E-state index in [1.54, 1.807) is 0 Å². The zero-order chi connectivity index (χ0) is 6.27. The van der Waals surface area contributed by atoms with Crippen molar-refractivity contribution in [1.29, 1.82) is 0 Å². The van der Waals surface area contributed by atoms with E-state index in [4.69, 9.17) is 4.74 Å². The Hall–Kier alpha value is -0.570. The molecule has 2 saturated heterocycles. The Morgan fingerprint density at radius 1 is 1.56 bits per heavy atom. The highest BCUT2D eigenvalue weighted by Crippen LogP contribution is 2.22. The van der Waals surface area contributed by atoms with E-state index in [0.717, 1.165) is 19.4 Å². The van der Waals surface area contributed by atoms with Crippen molar-refractivity contribution >= 4 is 5.91 Å². The van der Waals surface area contributed by atoms with E-state index in [1.165, 1.54) is 0 Å². The van der Waals surface area contributed by atoms with E-state index >= 15 is 0 Å². The lowest BCUT2D eigenvalue weighted by Crippen LogP contribution is -2.43. The highest BCUT2D eigenvalue weighted by Gasteiger charge is 2.34. The zero-order valence-electron chi connectivity index (χ0n) is 5.09. The molecule has 2 rings (SSSR count). The lowest BCUT2D eigenvalue weighted by Gasteiger charge is -2.19. The van der Waals surface area contributed by atoms with Gasteiger partial charge in [0.05, 0.1) is 6.10 Å². The van der Waals surface area contributed by atoms with E-state index in [-0.39, 0.29) is 12.0 Å². The maximum absolute atomic E-state index is 10.8. The van der Waals surface area contributed by atoms with E-state index in [2.05, 4.69) is 5.32 Å². The predicted octanol–water partition coefficient (Wildman–Crippen LogP) is -0.336. The fourth-order valence-corrected chi connectivity index (χ4v) is 1.38. The fourth-order valence-electron chi connectivity index (χ4n) is 1.38. The molecular weight excluding hydrogens is 118 g/mol. The molecule has 3 nitrogen and oxygen atoms in total. The predicted molar refractivity (Wildman–Crippen MR) is 30.9 cm³/mol. The van der Waals surface area contributed by atoms with Crippen molar-refractivity contribution in [2.45, 2.75) is 25.0 Å². The number of fused-ring (bicyclic) bond motifs is 2. The van der Waals surface area contributed by atoms with E-state index in [0.29, 0.717) is 6.10 Å². The topological polar surface area (TPSA) is 38.3 Å². The van der Waals surface area contributed by atoms with Crippen LogP contribution in [-0.4, -0.2) is 24.7 Å². The number of ether oxygens (including phenoxy) is 1. The molecule has 3 heteroatoms. The van der Waals surface area contributed by atoms with Crippen LogP contribution in [0.3, 0.4) is 0 Å². The number of rotatable bonds is 0. The molecule has 2 heterocycles. The van der Waals surface area contributed by atoms with Crippen LogP contribution in [0.2, 0.25) is 0 Å². The van der Waals surface area contributed by atoms with Crippen molar-refractivity contribution in [3.63, 3.8) is 0 Å². The average molecular weight is 127 g/mol. The van der Waals surface area contributed by atoms with Gasteiger partial charge in [-0.25, -0.2) is 0 Å². The molecule has 50 valence electrons. The minimum atomic E-state index is -0.122. The van der Waals surface area contributed by atoms with Gasteiger partial charge in [-0.3, -0.25) is 4.79 Å². The minimum Gasteiger partial charge on any atom is -0.363 e. The first-order valence-electron chi connectivity index (χ1n) is 3.29. The smallest absolute Gasteiger partial charge is 0.249 e. The Kier molecular flexibility index (Phi) is 0.990. The summed E-state index contributed by atoms with van der Waals surface area (Å²) in [4.78, 5) is 10.8. The summed E-state index contributed by atoms with van der Waals surface area (Å²) in [5.41, 5.74) is 0. The molecule has 2 bridgehead atoms. The highest BCUT2D eigenvalue weighted by atomic mass is 16.5. The molecule has 0 saturated carbocycles. The molecule has 0 aromatic heterocycles. The third kappa shape index (κ3) is 0.721. The van der Waals surface area contributed by atoms with E-state index in [1.807, 2.05) is 0 Å². The number of hydrogen-bond donors (Lipinski definition) is 1. The van der Waals surface area contributed by atoms with Crippen molar-refractivity contribution in [3.8, 4) is 0 Å². The SMILES string of the molecule is O=C1NC[C@H]2CC[C@@H]1O2. The van der Waals surface area contributed by atoms with Crippen LogP contribution in [0.25, 0.3) is 0 Å². The Morgan fingerprint density at radius 3 is 3.22 bits per heavy atom. The molecule has 0 radical (unpaired) electrons. The van der Waals surface area contributed by atoms with Gasteiger partial charge in [0.1, 0.15) is 6.10 Å². The first kappa shape index (κ1) is 5.23. The average Bonchev–Trinajstić information content (AvgIpc) is 2.25. The zero-order valence-corrected chi connectivity index (χ0v) is 5.09. The first-order valence-corrected chi connectivity index (χ1v) is 3.29. The van der Waals surface area contributed by atoms with Gasteiger partial charge in [0, 0.05) is 6.54 Å². The van der Waals surface area contributed by atoms with Crippen LogP contribution in [0.1, 0.15) is 12.8 Å². The number of carbonyl (C=O) groups excluding carboxylic acids is 1. The van der Waals surface area contributed by atoms with Crippen molar-refractivity contribution < 1.29 is 9.53 Å². The summed E-state index contributed by atoms with van der Waals surface area (Å²) >= 11 is 0. The van der Waals surface area contributed by atoms with Crippen LogP contribution >= 0.6 is 0 Å². The van der Waals surface area contributed by atoms with Crippen LogP contribution in [0, 0.1) is 0 Å². The summed E-state index contributed by atoms with van der Waals surface area (Å²) in [5, 5.41) is 2.78. The van der Waals surface area contributed by atoms with Crippen LogP contribution in [-0.2, 0) is 9.53 Å². The Bertz CT molecular complexity index is 146. The monoisotopic (exact) mass is 127 g/mol. The molecule has 2 atom stereocenters. The van der Waals surface area contributed by atoms with Gasteiger partial charge in [0.25, 0.3) is 0 Å². The molecule has 1 N–H and O–H groups in total. The summed E-state index contributed by atoms with van der Waals surface area (Å²) < 4.78 is 5.30. The summed E-state index contributed by atoms with van der Waals surface area (Å²) in [5.74, 6) is 0.0729. The summed E-state index contributed by atoms with van der Waals surface area (Å²) in [6.45, 7) is 0.718. The van der Waals surface area contributed by atoms with E-state index in [9.17, 15) is 4.79 Å². The van der Waals surface area contributed by atoms with Gasteiger partial charge in [-0.2, -0.15) is 0 Å². The quantitative estimate of drug-likeness (QED) is 0.483. The summed E-state index contributed by atoms with van der Waals surface area (Å²) in [7, 11) is 0. The van der Waals surface area contributed by atoms with Gasteiger partial charge >= 0.3 is 0 Å². The van der Waals surface area contributed by atoms with Crippen LogP contribution in [0.15, 0.2) is 0 Å². The third-order valence-corrected chi connectivity index (χ3v) is 1.90. The Balaban J connectivity index is 2.14. The lowest BCUT2D eigenvalue weighted by molar-refractivity contribution is -0.137. The van der Waals surface area contributed by atoms with Crippen molar-refractivity contribution in [2.75, 3.05) is 6.54 Å². The highest BCUT2D eigenvalue weighted by molar-refractivity contribution is 5.81. The van der Waals surface area contributed by atoms with Gasteiger partial charge in [0.15, 0.2) is 0 Å². The number of carbonyl (C=O) groups is 1. The van der Waals surface area contributed by atoms with Gasteiger partial charge in [-0.1, -0.05) is 0 Å². The first-order chi connectivity index (χ1) is 4.36. The van der Waals surface area contributed by atoms with Crippen molar-refractivity contribution in [2.24, 2.45) is 0 Å². The maximum Gasteiger partial charge on any atom is 0.249 e. The number of morpholine rings is 1. The van der Waals surface area contributed by atoms with Gasteiger partial charge < -0.3 is 10.1 Å². The second-order valence-electron chi connectivity index (χ2n) is 2.57. The minimum absolute atomic E-state index is 0.0729. The van der Waals surface area contributed by atoms with Gasteiger partial charge in [-0.15, -0.1) is 0 Å². The molecule has 0 spiro atoms. The summed E-state index contributed by atoms with van der Waals surface area (Å²) in [6.07, 6.45) is 2.15. The maximum atomic E-state index is 10.8. The van der Waals surface area contributed by atoms with Gasteiger partial charge in [0.2, 0.25) is 5.91 Å². The molecule has 0 aromatic carbocycles. The largest absolute Gasteiger partial charge is 0.363 e. The van der Waals surface area contributed by atoms with Crippen LogP contribution < -0.4 is 5.32 Å². The second-order valence-corrected chi connectivity index (χ2v) is 2.57. The standard InChI is InChI=1S/C6H9NO2/c8-6-5-2-1-4(9-5)3-7-6/h4-5H,1-3H2,(H,7,8)/t4-,5+/m1/s1. The van der Waals surface area contributed by atoms with Gasteiger partial charge in [-0.05, 0) is 12.8 Å². The fraction of sp³-hybridized carbons (Fsp3) is 0.833. The molecule has 2 fully saturated rings. The Labute approximate surface area is 53.4 Å². The Morgan fingerprint density at radius 2 is 2.44 bits per heavy atom. The van der Waals surface area contributed by atoms with Crippen LogP contribution in [0.4, 0.5) is 0 Å². The summed E-state index contributed by atoms with van der Waals surface area (Å²) in [6, 6.07) is 0. The van der Waals surface area contributed by atoms with E-state index < -0.39 is 0 Å². The molecule has 0 aliphatic carbocycles. The molecule has 9 heavy (non-hydrogen) atoms. The number of nitrogens with one attached hydrogen (secondary N) is 1. The van der Waals surface area contributed by atoms with Crippen molar-refractivity contribution in [3.05, 3.63) is 0 Å². The second kappa shape index (κ2) is 1.70. The number of amides is 1. The third-order valence-electron chi connectivity index (χ3n) is 1.90. The lowest BCUT2D eigenvalue weighted by atomic mass is 10.2. The molecule has 2 aliphatic heterocycles. The molecular formula is C6H9NO2.